The number of hydrogen-bond acceptors (Lipinski definition) is 7. The molecule has 2 unspecified atom stereocenters. The number of allylic oxidation sites excluding steroid dienone is 2. The molecule has 2 heterocycles. The smallest absolute Gasteiger partial charge is 0.364 e. The van der Waals surface area contributed by atoms with Crippen molar-refractivity contribution in [2.75, 3.05) is 12.4 Å². The third-order valence-corrected chi connectivity index (χ3v) is 6.94. The van der Waals surface area contributed by atoms with Gasteiger partial charge in [0.05, 0.1) is 17.1 Å². The summed E-state index contributed by atoms with van der Waals surface area (Å²) in [6.07, 6.45) is 2.94. The Morgan fingerprint density at radius 1 is 1.23 bits per heavy atom. The van der Waals surface area contributed by atoms with Crippen LogP contribution in [0.3, 0.4) is 0 Å². The van der Waals surface area contributed by atoms with E-state index in [2.05, 4.69) is 5.32 Å². The Bertz CT molecular complexity index is 1490. The highest BCUT2D eigenvalue weighted by molar-refractivity contribution is 6.06. The molecule has 0 aliphatic carbocycles. The van der Waals surface area contributed by atoms with Crippen molar-refractivity contribution in [3.63, 3.8) is 0 Å². The van der Waals surface area contributed by atoms with Crippen LogP contribution in [0.4, 0.5) is 10.1 Å². The van der Waals surface area contributed by atoms with Crippen molar-refractivity contribution >= 4 is 22.6 Å². The van der Waals surface area contributed by atoms with Crippen molar-refractivity contribution in [1.29, 1.82) is 0 Å². The normalized spacial score (nSPS) is 18.5. The van der Waals surface area contributed by atoms with Gasteiger partial charge in [-0.2, -0.15) is 0 Å². The number of anilines is 1. The number of fused-ring (bicyclic) bond motifs is 1. The molecule has 2 atom stereocenters. The number of nitrogens with one attached hydrogen (secondary N) is 1. The minimum atomic E-state index is -0.932. The van der Waals surface area contributed by atoms with E-state index in [-0.39, 0.29) is 22.6 Å². The van der Waals surface area contributed by atoms with Crippen LogP contribution >= 0.6 is 0 Å². The van der Waals surface area contributed by atoms with Crippen LogP contribution in [0.2, 0.25) is 0 Å². The summed E-state index contributed by atoms with van der Waals surface area (Å²) < 4.78 is 37.4. The van der Waals surface area contributed by atoms with Gasteiger partial charge in [0.1, 0.15) is 17.1 Å². The predicted octanol–water partition coefficient (Wildman–Crippen LogP) is 6.02. The highest BCUT2D eigenvalue weighted by Crippen LogP contribution is 2.37. The van der Waals surface area contributed by atoms with Gasteiger partial charge in [-0.3, -0.25) is 4.79 Å². The Balaban J connectivity index is 1.59. The van der Waals surface area contributed by atoms with Gasteiger partial charge >= 0.3 is 5.63 Å². The number of halogens is 1. The standard InChI is InChI=1S/C30H34FNO7/c1-16(2)7-8-18-15-19(9-11-21(18)31)28(34)32-25-26(33)20-10-12-22(17(3)27(20)38-29(25)35)37-24-14-13-23(36-6)30(4,5)39-24/h7,9-12,15,23-24,33H,8,13-14H2,1-6H3,(H,32,34). The second-order valence-corrected chi connectivity index (χ2v) is 10.5. The Morgan fingerprint density at radius 2 is 1.97 bits per heavy atom. The minimum Gasteiger partial charge on any atom is -0.505 e. The lowest BCUT2D eigenvalue weighted by Gasteiger charge is -2.41. The van der Waals surface area contributed by atoms with Crippen LogP contribution in [0.5, 0.6) is 11.5 Å². The number of carbonyl (C=O) groups excluding carboxylic acids is 1. The Morgan fingerprint density at radius 3 is 2.64 bits per heavy atom. The number of carbonyl (C=O) groups is 1. The number of ether oxygens (including phenoxy) is 3. The van der Waals surface area contributed by atoms with Gasteiger partial charge in [-0.1, -0.05) is 11.6 Å². The third-order valence-electron chi connectivity index (χ3n) is 6.94. The second kappa shape index (κ2) is 11.2. The highest BCUT2D eigenvalue weighted by Gasteiger charge is 2.39. The molecule has 0 radical (unpaired) electrons. The van der Waals surface area contributed by atoms with Crippen molar-refractivity contribution < 1.29 is 32.9 Å². The molecule has 1 amide bonds. The molecule has 4 rings (SSSR count). The summed E-state index contributed by atoms with van der Waals surface area (Å²) in [5.74, 6) is -1.12. The first-order valence-corrected chi connectivity index (χ1v) is 12.8. The van der Waals surface area contributed by atoms with Gasteiger partial charge in [0, 0.05) is 24.7 Å². The van der Waals surface area contributed by atoms with Crippen molar-refractivity contribution in [2.45, 2.75) is 71.9 Å². The maximum absolute atomic E-state index is 14.2. The molecule has 0 saturated carbocycles. The monoisotopic (exact) mass is 539 g/mol. The third kappa shape index (κ3) is 5.99. The van der Waals surface area contributed by atoms with Crippen molar-refractivity contribution in [1.82, 2.24) is 0 Å². The molecule has 1 saturated heterocycles. The molecule has 0 spiro atoms. The number of aryl methyl sites for hydroxylation is 1. The maximum atomic E-state index is 14.2. The van der Waals surface area contributed by atoms with E-state index in [0.29, 0.717) is 29.7 Å². The summed E-state index contributed by atoms with van der Waals surface area (Å²) in [5, 5.41) is 13.6. The summed E-state index contributed by atoms with van der Waals surface area (Å²) in [6, 6.07) is 7.13. The van der Waals surface area contributed by atoms with Gasteiger partial charge in [0.2, 0.25) is 6.29 Å². The first-order chi connectivity index (χ1) is 18.4. The number of aromatic hydroxyl groups is 1. The molecule has 9 heteroatoms. The zero-order valence-electron chi connectivity index (χ0n) is 23.0. The zero-order chi connectivity index (χ0) is 28.5. The molecular formula is C30H34FNO7. The first kappa shape index (κ1) is 28.3. The lowest BCUT2D eigenvalue weighted by atomic mass is 9.94. The van der Waals surface area contributed by atoms with E-state index in [1.165, 1.54) is 18.2 Å². The SMILES string of the molecule is COC1CCC(Oc2ccc3c(O)c(NC(=O)c4ccc(F)c(CC=C(C)C)c4)c(=O)oc3c2C)OC1(C)C. The van der Waals surface area contributed by atoms with Gasteiger partial charge in [0.15, 0.2) is 11.4 Å². The molecule has 0 bridgehead atoms. The molecule has 1 aromatic heterocycles. The van der Waals surface area contributed by atoms with Crippen LogP contribution in [-0.2, 0) is 15.9 Å². The number of rotatable bonds is 7. The van der Waals surface area contributed by atoms with Gasteiger partial charge in [-0.15, -0.1) is 0 Å². The van der Waals surface area contributed by atoms with Gasteiger partial charge in [-0.25, -0.2) is 9.18 Å². The fraction of sp³-hybridized carbons (Fsp3) is 0.400. The molecule has 1 aliphatic heterocycles. The fourth-order valence-corrected chi connectivity index (χ4v) is 4.71. The van der Waals surface area contributed by atoms with Crippen molar-refractivity contribution in [3.05, 3.63) is 74.9 Å². The number of benzene rings is 2. The highest BCUT2D eigenvalue weighted by atomic mass is 19.1. The van der Waals surface area contributed by atoms with E-state index in [4.69, 9.17) is 18.6 Å². The number of hydrogen-bond donors (Lipinski definition) is 2. The summed E-state index contributed by atoms with van der Waals surface area (Å²) in [6.45, 7) is 9.37. The van der Waals surface area contributed by atoms with Crippen LogP contribution in [0.25, 0.3) is 11.0 Å². The number of methoxy groups -OCH3 is 1. The largest absolute Gasteiger partial charge is 0.505 e. The predicted molar refractivity (Wildman–Crippen MR) is 146 cm³/mol. The minimum absolute atomic E-state index is 0.0578. The number of amides is 1. The summed E-state index contributed by atoms with van der Waals surface area (Å²) in [7, 11) is 1.65. The zero-order valence-corrected chi connectivity index (χ0v) is 23.0. The molecule has 39 heavy (non-hydrogen) atoms. The average molecular weight is 540 g/mol. The van der Waals surface area contributed by atoms with Crippen LogP contribution in [0, 0.1) is 12.7 Å². The fourth-order valence-electron chi connectivity index (χ4n) is 4.71. The maximum Gasteiger partial charge on any atom is 0.364 e. The molecule has 1 fully saturated rings. The summed E-state index contributed by atoms with van der Waals surface area (Å²) in [4.78, 5) is 25.8. The average Bonchev–Trinajstić information content (AvgIpc) is 2.87. The van der Waals surface area contributed by atoms with E-state index in [1.807, 2.05) is 33.8 Å². The van der Waals surface area contributed by atoms with E-state index in [1.54, 1.807) is 26.2 Å². The van der Waals surface area contributed by atoms with Crippen molar-refractivity contribution in [2.24, 2.45) is 0 Å². The van der Waals surface area contributed by atoms with E-state index >= 15 is 0 Å². The lowest BCUT2D eigenvalue weighted by molar-refractivity contribution is -0.233. The Kier molecular flexibility index (Phi) is 8.13. The van der Waals surface area contributed by atoms with Crippen LogP contribution in [0.15, 0.2) is 51.2 Å². The van der Waals surface area contributed by atoms with Crippen LogP contribution < -0.4 is 15.7 Å². The molecule has 3 aromatic rings. The quantitative estimate of drug-likeness (QED) is 0.279. The Labute approximate surface area is 226 Å². The van der Waals surface area contributed by atoms with Gasteiger partial charge in [-0.05, 0) is 83.4 Å². The molecule has 8 nitrogen and oxygen atoms in total. The first-order valence-electron chi connectivity index (χ1n) is 12.8. The molecular weight excluding hydrogens is 505 g/mol. The molecule has 208 valence electrons. The van der Waals surface area contributed by atoms with E-state index in [0.717, 1.165) is 12.0 Å². The van der Waals surface area contributed by atoms with E-state index < -0.39 is 40.7 Å². The van der Waals surface area contributed by atoms with Gasteiger partial charge < -0.3 is 29.1 Å². The molecule has 2 aromatic carbocycles. The van der Waals surface area contributed by atoms with Gasteiger partial charge in [0.25, 0.3) is 5.91 Å². The Hall–Kier alpha value is -3.69. The van der Waals surface area contributed by atoms with Crippen molar-refractivity contribution in [3.8, 4) is 11.5 Å². The van der Waals surface area contributed by atoms with Crippen LogP contribution in [-0.4, -0.2) is 36.1 Å². The molecule has 1 aliphatic rings. The topological polar surface area (TPSA) is 107 Å². The lowest BCUT2D eigenvalue weighted by Crippen LogP contribution is -2.49. The summed E-state index contributed by atoms with van der Waals surface area (Å²) >= 11 is 0. The van der Waals surface area contributed by atoms with Crippen LogP contribution in [0.1, 0.15) is 62.0 Å². The second-order valence-electron chi connectivity index (χ2n) is 10.5. The summed E-state index contributed by atoms with van der Waals surface area (Å²) in [5.41, 5.74) is 0.235. The molecule has 2 N–H and O–H groups in total. The van der Waals surface area contributed by atoms with E-state index in [9.17, 15) is 19.1 Å².